The first-order valence-electron chi connectivity index (χ1n) is 1.58. The van der Waals surface area contributed by atoms with Gasteiger partial charge in [0.05, 0.1) is 0 Å². The molecule has 0 unspecified atom stereocenters. The molecular formula is C4H5BaN. The Morgan fingerprint density at radius 2 is 1.50 bits per heavy atom. The van der Waals surface area contributed by atoms with Crippen LogP contribution in [0.2, 0.25) is 0 Å². The molecule has 0 atom stereocenters. The second kappa shape index (κ2) is 4.02. The Morgan fingerprint density at radius 3 is 1.67 bits per heavy atom. The van der Waals surface area contributed by atoms with Crippen LogP contribution in [-0.2, 0) is 0 Å². The normalized spacial score (nSPS) is 6.67. The second-order valence-corrected chi connectivity index (χ2v) is 0.885. The van der Waals surface area contributed by atoms with E-state index in [1.165, 1.54) is 0 Å². The van der Waals surface area contributed by atoms with Gasteiger partial charge in [0.1, 0.15) is 0 Å². The van der Waals surface area contributed by atoms with Crippen LogP contribution in [0.25, 0.3) is 0 Å². The van der Waals surface area contributed by atoms with Gasteiger partial charge in [-0.25, -0.2) is 0 Å². The second-order valence-electron chi connectivity index (χ2n) is 0.885. The van der Waals surface area contributed by atoms with Crippen LogP contribution in [0.3, 0.4) is 0 Å². The molecule has 2 radical (unpaired) electrons. The van der Waals surface area contributed by atoms with E-state index < -0.39 is 0 Å². The summed E-state index contributed by atoms with van der Waals surface area (Å²) >= 11 is 0. The molecule has 6 heavy (non-hydrogen) atoms. The summed E-state index contributed by atoms with van der Waals surface area (Å²) in [6, 6.07) is 3.89. The van der Waals surface area contributed by atoms with E-state index in [0.29, 0.717) is 0 Å². The summed E-state index contributed by atoms with van der Waals surface area (Å²) in [5.74, 6) is 0. The average molecular weight is 204 g/mol. The number of hydrogen-bond donors (Lipinski definition) is 1. The average Bonchev–Trinajstić information content (AvgIpc) is 1.76. The van der Waals surface area contributed by atoms with Gasteiger partial charge in [-0.05, 0) is 12.1 Å². The summed E-state index contributed by atoms with van der Waals surface area (Å²) in [5, 5.41) is 0. The first kappa shape index (κ1) is 6.85. The van der Waals surface area contributed by atoms with Crippen molar-refractivity contribution in [3.05, 3.63) is 24.5 Å². The van der Waals surface area contributed by atoms with Crippen molar-refractivity contribution in [2.24, 2.45) is 0 Å². The first-order valence-corrected chi connectivity index (χ1v) is 1.58. The van der Waals surface area contributed by atoms with Crippen molar-refractivity contribution >= 4 is 48.9 Å². The number of nitrogens with one attached hydrogen (secondary N) is 1. The summed E-state index contributed by atoms with van der Waals surface area (Å²) in [4.78, 5) is 2.86. The minimum absolute atomic E-state index is 0. The number of hydrogen-bond acceptors (Lipinski definition) is 0. The van der Waals surface area contributed by atoms with E-state index in [2.05, 4.69) is 4.98 Å². The molecule has 1 heterocycles. The molecule has 1 N–H and O–H groups in total. The minimum atomic E-state index is 0. The zero-order valence-electron chi connectivity index (χ0n) is 3.52. The van der Waals surface area contributed by atoms with Gasteiger partial charge in [-0.1, -0.05) is 0 Å². The third-order valence-electron chi connectivity index (χ3n) is 0.496. The van der Waals surface area contributed by atoms with E-state index in [4.69, 9.17) is 0 Å². The number of aromatic amines is 1. The van der Waals surface area contributed by atoms with Crippen molar-refractivity contribution < 1.29 is 0 Å². The van der Waals surface area contributed by atoms with E-state index in [1.807, 2.05) is 24.5 Å². The van der Waals surface area contributed by atoms with E-state index >= 15 is 0 Å². The number of rotatable bonds is 0. The molecular weight excluding hydrogens is 199 g/mol. The van der Waals surface area contributed by atoms with Crippen molar-refractivity contribution in [3.8, 4) is 0 Å². The molecule has 28 valence electrons. The maximum atomic E-state index is 2.86. The summed E-state index contributed by atoms with van der Waals surface area (Å²) in [7, 11) is 0. The largest absolute Gasteiger partial charge is 0.368 e. The van der Waals surface area contributed by atoms with E-state index in [0.717, 1.165) is 0 Å². The van der Waals surface area contributed by atoms with Gasteiger partial charge in [0.25, 0.3) is 0 Å². The Bertz CT molecular complexity index is 64.0. The molecule has 2 heteroatoms. The van der Waals surface area contributed by atoms with Crippen molar-refractivity contribution in [2.75, 3.05) is 0 Å². The molecule has 0 amide bonds. The number of H-pyrrole nitrogens is 1. The van der Waals surface area contributed by atoms with Gasteiger partial charge < -0.3 is 4.98 Å². The Labute approximate surface area is 77.2 Å². The van der Waals surface area contributed by atoms with Crippen molar-refractivity contribution in [1.82, 2.24) is 4.98 Å². The molecule has 1 aromatic heterocycles. The van der Waals surface area contributed by atoms with Gasteiger partial charge in [-0.15, -0.1) is 0 Å². The molecule has 0 bridgehead atoms. The van der Waals surface area contributed by atoms with E-state index in [-0.39, 0.29) is 48.9 Å². The van der Waals surface area contributed by atoms with Gasteiger partial charge in [0.15, 0.2) is 0 Å². The smallest absolute Gasteiger partial charge is 0.000496 e. The molecule has 1 nitrogen and oxygen atoms in total. The Hall–Kier alpha value is 0.851. The third kappa shape index (κ3) is 2.10. The third-order valence-corrected chi connectivity index (χ3v) is 0.496. The molecule has 0 aliphatic carbocycles. The predicted octanol–water partition coefficient (Wildman–Crippen LogP) is 0.634. The van der Waals surface area contributed by atoms with Crippen LogP contribution in [-0.4, -0.2) is 53.9 Å². The summed E-state index contributed by atoms with van der Waals surface area (Å²) in [5.41, 5.74) is 0. The van der Waals surface area contributed by atoms with Crippen LogP contribution in [0.4, 0.5) is 0 Å². The summed E-state index contributed by atoms with van der Waals surface area (Å²) < 4.78 is 0. The Balaban J connectivity index is 0.000000250. The van der Waals surface area contributed by atoms with Gasteiger partial charge in [-0.2, -0.15) is 0 Å². The quantitative estimate of drug-likeness (QED) is 0.597. The monoisotopic (exact) mass is 205 g/mol. The molecule has 0 aliphatic heterocycles. The predicted molar refractivity (Wildman–Crippen MR) is 26.5 cm³/mol. The fourth-order valence-corrected chi connectivity index (χ4v) is 0.278. The fraction of sp³-hybridized carbons (Fsp3) is 0. The molecule has 0 saturated carbocycles. The maximum Gasteiger partial charge on any atom is 0.000496 e. The molecule has 0 fully saturated rings. The van der Waals surface area contributed by atoms with Crippen LogP contribution < -0.4 is 0 Å². The van der Waals surface area contributed by atoms with Crippen LogP contribution in [0.15, 0.2) is 24.5 Å². The first-order chi connectivity index (χ1) is 2.50. The van der Waals surface area contributed by atoms with Crippen molar-refractivity contribution in [2.45, 2.75) is 0 Å². The van der Waals surface area contributed by atoms with Crippen LogP contribution >= 0.6 is 0 Å². The SMILES string of the molecule is [Ba].c1cc[nH]c1. The Kier molecular flexibility index (Phi) is 4.59. The zero-order valence-corrected chi connectivity index (χ0v) is 7.96. The Morgan fingerprint density at radius 1 is 1.00 bits per heavy atom. The van der Waals surface area contributed by atoms with Crippen molar-refractivity contribution in [1.29, 1.82) is 0 Å². The molecule has 0 saturated heterocycles. The van der Waals surface area contributed by atoms with E-state index in [9.17, 15) is 0 Å². The fourth-order valence-electron chi connectivity index (χ4n) is 0.278. The van der Waals surface area contributed by atoms with Crippen LogP contribution in [0, 0.1) is 0 Å². The van der Waals surface area contributed by atoms with Crippen LogP contribution in [0.1, 0.15) is 0 Å². The zero-order chi connectivity index (χ0) is 3.54. The summed E-state index contributed by atoms with van der Waals surface area (Å²) in [6.45, 7) is 0. The summed E-state index contributed by atoms with van der Waals surface area (Å²) in [6.07, 6.45) is 3.75. The minimum Gasteiger partial charge on any atom is -0.368 e. The van der Waals surface area contributed by atoms with Crippen molar-refractivity contribution in [3.63, 3.8) is 0 Å². The van der Waals surface area contributed by atoms with Gasteiger partial charge in [0, 0.05) is 61.3 Å². The van der Waals surface area contributed by atoms with Gasteiger partial charge >= 0.3 is 0 Å². The molecule has 1 rings (SSSR count). The standard InChI is InChI=1S/C4H5N.Ba/c1-2-4-5-3-1;/h1-5H;. The topological polar surface area (TPSA) is 15.8 Å². The van der Waals surface area contributed by atoms with Gasteiger partial charge in [-0.3, -0.25) is 0 Å². The van der Waals surface area contributed by atoms with Crippen LogP contribution in [0.5, 0.6) is 0 Å². The molecule has 0 aromatic carbocycles. The number of aromatic nitrogens is 1. The van der Waals surface area contributed by atoms with E-state index in [1.54, 1.807) is 0 Å². The maximum absolute atomic E-state index is 2.86. The van der Waals surface area contributed by atoms with Gasteiger partial charge in [0.2, 0.25) is 0 Å². The molecule has 0 aliphatic rings. The molecule has 0 spiro atoms. The molecule has 1 aromatic rings.